The fourth-order valence-corrected chi connectivity index (χ4v) is 1.97. The summed E-state index contributed by atoms with van der Waals surface area (Å²) < 4.78 is 5.54. The third kappa shape index (κ3) is 8.12. The van der Waals surface area contributed by atoms with Crippen molar-refractivity contribution in [2.45, 2.75) is 41.5 Å². The summed E-state index contributed by atoms with van der Waals surface area (Å²) in [6, 6.07) is 0. The van der Waals surface area contributed by atoms with Crippen molar-refractivity contribution in [3.63, 3.8) is 0 Å². The van der Waals surface area contributed by atoms with Gasteiger partial charge in [-0.1, -0.05) is 41.5 Å². The van der Waals surface area contributed by atoms with Crippen molar-refractivity contribution in [2.75, 3.05) is 26.3 Å². The Balaban J connectivity index is 3.48. The summed E-state index contributed by atoms with van der Waals surface area (Å²) >= 11 is 0. The third-order valence-electron chi connectivity index (χ3n) is 2.97. The molecule has 0 fully saturated rings. The molecular formula is C14H31NO. The van der Waals surface area contributed by atoms with Gasteiger partial charge in [0, 0.05) is 13.2 Å². The van der Waals surface area contributed by atoms with Crippen LogP contribution in [0.15, 0.2) is 0 Å². The SMILES string of the molecule is CC(C)COCCNCC(C(C)C)C(C)C. The third-order valence-corrected chi connectivity index (χ3v) is 2.97. The van der Waals surface area contributed by atoms with Crippen LogP contribution >= 0.6 is 0 Å². The molecule has 0 saturated heterocycles. The fourth-order valence-electron chi connectivity index (χ4n) is 1.97. The molecule has 98 valence electrons. The van der Waals surface area contributed by atoms with Gasteiger partial charge in [-0.05, 0) is 30.2 Å². The molecule has 0 rings (SSSR count). The molecule has 0 atom stereocenters. The highest BCUT2D eigenvalue weighted by atomic mass is 16.5. The Morgan fingerprint density at radius 1 is 0.938 bits per heavy atom. The lowest BCUT2D eigenvalue weighted by atomic mass is 9.85. The van der Waals surface area contributed by atoms with Gasteiger partial charge in [0.25, 0.3) is 0 Å². The van der Waals surface area contributed by atoms with E-state index in [0.29, 0.717) is 5.92 Å². The monoisotopic (exact) mass is 229 g/mol. The van der Waals surface area contributed by atoms with E-state index in [4.69, 9.17) is 4.74 Å². The van der Waals surface area contributed by atoms with Crippen molar-refractivity contribution in [1.82, 2.24) is 5.32 Å². The number of hydrogen-bond acceptors (Lipinski definition) is 2. The van der Waals surface area contributed by atoms with Crippen molar-refractivity contribution >= 4 is 0 Å². The summed E-state index contributed by atoms with van der Waals surface area (Å²) in [7, 11) is 0. The topological polar surface area (TPSA) is 21.3 Å². The molecule has 0 aromatic carbocycles. The van der Waals surface area contributed by atoms with Gasteiger partial charge in [-0.25, -0.2) is 0 Å². The van der Waals surface area contributed by atoms with E-state index in [-0.39, 0.29) is 0 Å². The molecule has 0 bridgehead atoms. The highest BCUT2D eigenvalue weighted by Gasteiger charge is 2.16. The molecule has 0 aliphatic heterocycles. The lowest BCUT2D eigenvalue weighted by Gasteiger charge is -2.25. The second kappa shape index (κ2) is 9.00. The number of rotatable bonds is 9. The molecule has 16 heavy (non-hydrogen) atoms. The fraction of sp³-hybridized carbons (Fsp3) is 1.00. The predicted molar refractivity (Wildman–Crippen MR) is 71.7 cm³/mol. The van der Waals surface area contributed by atoms with Crippen LogP contribution in [0.25, 0.3) is 0 Å². The largest absolute Gasteiger partial charge is 0.380 e. The Labute approximate surface area is 102 Å². The van der Waals surface area contributed by atoms with Crippen molar-refractivity contribution < 1.29 is 4.74 Å². The Kier molecular flexibility index (Phi) is 8.96. The molecule has 0 amide bonds. The predicted octanol–water partition coefficient (Wildman–Crippen LogP) is 3.18. The van der Waals surface area contributed by atoms with Crippen molar-refractivity contribution in [2.24, 2.45) is 23.7 Å². The molecule has 0 heterocycles. The molecule has 1 N–H and O–H groups in total. The standard InChI is InChI=1S/C14H31NO/c1-11(2)10-16-8-7-15-9-14(12(3)4)13(5)6/h11-15H,7-10H2,1-6H3. The van der Waals surface area contributed by atoms with E-state index in [1.807, 2.05) is 0 Å². The Morgan fingerprint density at radius 3 is 1.94 bits per heavy atom. The summed E-state index contributed by atoms with van der Waals surface area (Å²) in [6.45, 7) is 17.4. The highest BCUT2D eigenvalue weighted by molar-refractivity contribution is 4.69. The molecule has 0 aromatic heterocycles. The minimum absolute atomic E-state index is 0.638. The lowest BCUT2D eigenvalue weighted by molar-refractivity contribution is 0.110. The average molecular weight is 229 g/mol. The second-order valence-electron chi connectivity index (χ2n) is 5.82. The van der Waals surface area contributed by atoms with Gasteiger partial charge in [0.15, 0.2) is 0 Å². The molecule has 0 radical (unpaired) electrons. The molecule has 0 spiro atoms. The number of nitrogens with one attached hydrogen (secondary N) is 1. The second-order valence-corrected chi connectivity index (χ2v) is 5.82. The highest BCUT2D eigenvalue weighted by Crippen LogP contribution is 2.19. The molecule has 0 saturated carbocycles. The summed E-state index contributed by atoms with van der Waals surface area (Å²) in [6.07, 6.45) is 0. The van der Waals surface area contributed by atoms with E-state index < -0.39 is 0 Å². The van der Waals surface area contributed by atoms with Crippen LogP contribution in [0.4, 0.5) is 0 Å². The molecule has 2 nitrogen and oxygen atoms in total. The first-order valence-electron chi connectivity index (χ1n) is 6.73. The maximum Gasteiger partial charge on any atom is 0.0591 e. The van der Waals surface area contributed by atoms with E-state index >= 15 is 0 Å². The van der Waals surface area contributed by atoms with Gasteiger partial charge in [-0.3, -0.25) is 0 Å². The van der Waals surface area contributed by atoms with Gasteiger partial charge in [0.05, 0.1) is 6.61 Å². The molecule has 0 aromatic rings. The average Bonchev–Trinajstić information content (AvgIpc) is 2.14. The Hall–Kier alpha value is -0.0800. The normalized spacial score (nSPS) is 12.4. The van der Waals surface area contributed by atoms with Crippen LogP contribution in [0.3, 0.4) is 0 Å². The molecule has 2 heteroatoms. The van der Waals surface area contributed by atoms with Crippen LogP contribution in [0.5, 0.6) is 0 Å². The van der Waals surface area contributed by atoms with Crippen LogP contribution in [0, 0.1) is 23.7 Å². The summed E-state index contributed by atoms with van der Waals surface area (Å²) in [5, 5.41) is 3.50. The van der Waals surface area contributed by atoms with Gasteiger partial charge in [0.1, 0.15) is 0 Å². The first kappa shape index (κ1) is 15.9. The van der Waals surface area contributed by atoms with Crippen LogP contribution in [0.1, 0.15) is 41.5 Å². The van der Waals surface area contributed by atoms with E-state index in [1.165, 1.54) is 0 Å². The zero-order valence-corrected chi connectivity index (χ0v) is 12.0. The van der Waals surface area contributed by atoms with E-state index in [9.17, 15) is 0 Å². The van der Waals surface area contributed by atoms with Crippen molar-refractivity contribution in [3.8, 4) is 0 Å². The summed E-state index contributed by atoms with van der Waals surface area (Å²) in [5.74, 6) is 2.91. The summed E-state index contributed by atoms with van der Waals surface area (Å²) in [4.78, 5) is 0. The van der Waals surface area contributed by atoms with Gasteiger partial charge < -0.3 is 10.1 Å². The lowest BCUT2D eigenvalue weighted by Crippen LogP contribution is -2.32. The maximum atomic E-state index is 5.54. The maximum absolute atomic E-state index is 5.54. The van der Waals surface area contributed by atoms with Gasteiger partial charge in [0.2, 0.25) is 0 Å². The van der Waals surface area contributed by atoms with E-state index in [0.717, 1.165) is 44.1 Å². The molecule has 0 aliphatic carbocycles. The summed E-state index contributed by atoms with van der Waals surface area (Å²) in [5.41, 5.74) is 0. The van der Waals surface area contributed by atoms with Crippen molar-refractivity contribution in [3.05, 3.63) is 0 Å². The zero-order chi connectivity index (χ0) is 12.6. The first-order valence-corrected chi connectivity index (χ1v) is 6.73. The zero-order valence-electron chi connectivity index (χ0n) is 12.0. The van der Waals surface area contributed by atoms with Crippen LogP contribution < -0.4 is 5.32 Å². The van der Waals surface area contributed by atoms with Gasteiger partial charge >= 0.3 is 0 Å². The quantitative estimate of drug-likeness (QED) is 0.613. The van der Waals surface area contributed by atoms with Gasteiger partial charge in [-0.2, -0.15) is 0 Å². The Morgan fingerprint density at radius 2 is 1.50 bits per heavy atom. The van der Waals surface area contributed by atoms with E-state index in [1.54, 1.807) is 0 Å². The smallest absolute Gasteiger partial charge is 0.0591 e. The molecule has 0 aliphatic rings. The number of hydrogen-bond donors (Lipinski definition) is 1. The first-order chi connectivity index (χ1) is 7.45. The minimum Gasteiger partial charge on any atom is -0.380 e. The van der Waals surface area contributed by atoms with Crippen LogP contribution in [0.2, 0.25) is 0 Å². The Bertz CT molecular complexity index is 147. The number of ether oxygens (including phenoxy) is 1. The van der Waals surface area contributed by atoms with Crippen LogP contribution in [-0.2, 0) is 4.74 Å². The molecule has 0 unspecified atom stereocenters. The van der Waals surface area contributed by atoms with Crippen molar-refractivity contribution in [1.29, 1.82) is 0 Å². The van der Waals surface area contributed by atoms with Gasteiger partial charge in [-0.15, -0.1) is 0 Å². The minimum atomic E-state index is 0.638. The van der Waals surface area contributed by atoms with E-state index in [2.05, 4.69) is 46.9 Å². The molecular weight excluding hydrogens is 198 g/mol. The van der Waals surface area contributed by atoms with Crippen LogP contribution in [-0.4, -0.2) is 26.3 Å².